The molecule has 2 aromatic carbocycles. The fourth-order valence-electron chi connectivity index (χ4n) is 3.06. The second-order valence-electron chi connectivity index (χ2n) is 6.41. The number of carbonyl (C=O) groups excluding carboxylic acids is 1. The average Bonchev–Trinajstić information content (AvgIpc) is 3.50. The van der Waals surface area contributed by atoms with Gasteiger partial charge in [-0.15, -0.1) is 11.3 Å². The Hall–Kier alpha value is -3.78. The molecule has 0 aliphatic heterocycles. The molecule has 0 radical (unpaired) electrons. The third kappa shape index (κ3) is 3.53. The summed E-state index contributed by atoms with van der Waals surface area (Å²) in [5.74, 6) is 0.872. The number of nitrogens with zero attached hydrogens (tertiary/aromatic N) is 3. The molecule has 29 heavy (non-hydrogen) atoms. The first-order chi connectivity index (χ1) is 14.3. The lowest BCUT2D eigenvalue weighted by molar-refractivity contribution is 0.102. The van der Waals surface area contributed by atoms with Gasteiger partial charge in [0, 0.05) is 11.3 Å². The molecule has 3 heterocycles. The van der Waals surface area contributed by atoms with Gasteiger partial charge in [0.05, 0.1) is 28.7 Å². The summed E-state index contributed by atoms with van der Waals surface area (Å²) in [6.07, 6.45) is 2.03. The molecule has 0 fully saturated rings. The Morgan fingerprint density at radius 1 is 1.14 bits per heavy atom. The molecular formula is C21H15N5O2S. The lowest BCUT2D eigenvalue weighted by atomic mass is 10.1. The van der Waals surface area contributed by atoms with Gasteiger partial charge in [0.25, 0.3) is 5.91 Å². The van der Waals surface area contributed by atoms with Crippen molar-refractivity contribution in [3.05, 3.63) is 83.3 Å². The molecule has 0 aliphatic rings. The summed E-state index contributed by atoms with van der Waals surface area (Å²) in [5, 5.41) is 8.99. The Bertz CT molecular complexity index is 1290. The van der Waals surface area contributed by atoms with Gasteiger partial charge in [-0.3, -0.25) is 4.79 Å². The molecule has 0 aliphatic carbocycles. The van der Waals surface area contributed by atoms with Gasteiger partial charge in [0.1, 0.15) is 0 Å². The van der Waals surface area contributed by atoms with E-state index in [1.807, 2.05) is 47.8 Å². The molecule has 0 saturated carbocycles. The molecule has 0 spiro atoms. The van der Waals surface area contributed by atoms with Crippen molar-refractivity contribution in [2.75, 3.05) is 5.32 Å². The predicted octanol–water partition coefficient (Wildman–Crippen LogP) is 4.52. The van der Waals surface area contributed by atoms with Crippen molar-refractivity contribution in [2.24, 2.45) is 0 Å². The zero-order valence-electron chi connectivity index (χ0n) is 15.1. The molecule has 5 rings (SSSR count). The molecule has 5 aromatic rings. The molecule has 0 bridgehead atoms. The maximum atomic E-state index is 12.7. The molecular weight excluding hydrogens is 386 g/mol. The standard InChI is InChI=1S/C21H15N5O2S/c27-21(14-7-8-16-17(10-14)23-12-22-16)24-15-5-2-1-4-13(15)11-19-25-20(26-28-19)18-6-3-9-29-18/h1-10,12H,11H2,(H,22,23)(H,24,27). The van der Waals surface area contributed by atoms with Crippen LogP contribution in [0.25, 0.3) is 21.7 Å². The van der Waals surface area contributed by atoms with E-state index in [0.717, 1.165) is 21.5 Å². The van der Waals surface area contributed by atoms with Crippen molar-refractivity contribution < 1.29 is 9.32 Å². The van der Waals surface area contributed by atoms with E-state index in [1.54, 1.807) is 29.8 Å². The summed E-state index contributed by atoms with van der Waals surface area (Å²) in [6.45, 7) is 0. The van der Waals surface area contributed by atoms with E-state index < -0.39 is 0 Å². The summed E-state index contributed by atoms with van der Waals surface area (Å²) in [7, 11) is 0. The van der Waals surface area contributed by atoms with Gasteiger partial charge in [-0.1, -0.05) is 29.4 Å². The summed E-state index contributed by atoms with van der Waals surface area (Å²) in [5.41, 5.74) is 3.79. The van der Waals surface area contributed by atoms with Crippen LogP contribution in [0.5, 0.6) is 0 Å². The van der Waals surface area contributed by atoms with Crippen LogP contribution in [-0.4, -0.2) is 26.0 Å². The number of aromatic nitrogens is 4. The quantitative estimate of drug-likeness (QED) is 0.451. The minimum Gasteiger partial charge on any atom is -0.345 e. The van der Waals surface area contributed by atoms with E-state index >= 15 is 0 Å². The average molecular weight is 401 g/mol. The van der Waals surface area contributed by atoms with Gasteiger partial charge < -0.3 is 14.8 Å². The second-order valence-corrected chi connectivity index (χ2v) is 7.36. The van der Waals surface area contributed by atoms with Crippen LogP contribution in [-0.2, 0) is 6.42 Å². The molecule has 1 amide bonds. The maximum Gasteiger partial charge on any atom is 0.255 e. The summed E-state index contributed by atoms with van der Waals surface area (Å²) in [4.78, 5) is 25.4. The molecule has 2 N–H and O–H groups in total. The number of benzene rings is 2. The summed E-state index contributed by atoms with van der Waals surface area (Å²) in [6, 6.07) is 16.8. The van der Waals surface area contributed by atoms with Gasteiger partial charge in [0.2, 0.25) is 11.7 Å². The first-order valence-electron chi connectivity index (χ1n) is 8.95. The van der Waals surface area contributed by atoms with E-state index in [0.29, 0.717) is 29.4 Å². The summed E-state index contributed by atoms with van der Waals surface area (Å²) >= 11 is 1.56. The fraction of sp³-hybridized carbons (Fsp3) is 0.0476. The van der Waals surface area contributed by atoms with Crippen molar-refractivity contribution in [3.8, 4) is 10.7 Å². The van der Waals surface area contributed by atoms with Gasteiger partial charge in [-0.25, -0.2) is 4.98 Å². The predicted molar refractivity (Wildman–Crippen MR) is 111 cm³/mol. The number of anilines is 1. The van der Waals surface area contributed by atoms with E-state index in [4.69, 9.17) is 4.52 Å². The van der Waals surface area contributed by atoms with Gasteiger partial charge in [-0.2, -0.15) is 4.98 Å². The minimum atomic E-state index is -0.196. The molecule has 3 aromatic heterocycles. The first kappa shape index (κ1) is 17.3. The fourth-order valence-corrected chi connectivity index (χ4v) is 3.71. The number of para-hydroxylation sites is 1. The molecule has 0 saturated heterocycles. The number of hydrogen-bond donors (Lipinski definition) is 2. The van der Waals surface area contributed by atoms with E-state index in [9.17, 15) is 4.79 Å². The number of carbonyl (C=O) groups is 1. The third-order valence-electron chi connectivity index (χ3n) is 4.50. The number of H-pyrrole nitrogens is 1. The number of hydrogen-bond acceptors (Lipinski definition) is 6. The highest BCUT2D eigenvalue weighted by molar-refractivity contribution is 7.13. The largest absolute Gasteiger partial charge is 0.345 e. The minimum absolute atomic E-state index is 0.196. The topological polar surface area (TPSA) is 96.7 Å². The summed E-state index contributed by atoms with van der Waals surface area (Å²) < 4.78 is 5.40. The van der Waals surface area contributed by atoms with Gasteiger partial charge in [-0.05, 0) is 41.3 Å². The van der Waals surface area contributed by atoms with Crippen LogP contribution in [0.1, 0.15) is 21.8 Å². The highest BCUT2D eigenvalue weighted by atomic mass is 32.1. The van der Waals surface area contributed by atoms with Gasteiger partial charge in [0.15, 0.2) is 0 Å². The van der Waals surface area contributed by atoms with Crippen LogP contribution >= 0.6 is 11.3 Å². The van der Waals surface area contributed by atoms with Gasteiger partial charge >= 0.3 is 0 Å². The normalized spacial score (nSPS) is 11.0. The van der Waals surface area contributed by atoms with E-state index in [1.165, 1.54) is 0 Å². The number of aromatic amines is 1. The van der Waals surface area contributed by atoms with Crippen molar-refractivity contribution in [3.63, 3.8) is 0 Å². The zero-order valence-corrected chi connectivity index (χ0v) is 15.9. The van der Waals surface area contributed by atoms with Crippen LogP contribution < -0.4 is 5.32 Å². The second kappa shape index (κ2) is 7.33. The van der Waals surface area contributed by atoms with Crippen molar-refractivity contribution in [2.45, 2.75) is 6.42 Å². The van der Waals surface area contributed by atoms with Crippen molar-refractivity contribution in [1.29, 1.82) is 0 Å². The molecule has 8 heteroatoms. The van der Waals surface area contributed by atoms with Crippen LogP contribution in [0.4, 0.5) is 5.69 Å². The number of imidazole rings is 1. The lowest BCUT2D eigenvalue weighted by Gasteiger charge is -2.10. The van der Waals surface area contributed by atoms with Crippen LogP contribution in [0.3, 0.4) is 0 Å². The Kier molecular flexibility index (Phi) is 4.38. The monoisotopic (exact) mass is 401 g/mol. The van der Waals surface area contributed by atoms with Crippen molar-refractivity contribution in [1.82, 2.24) is 20.1 Å². The highest BCUT2D eigenvalue weighted by Gasteiger charge is 2.14. The molecule has 0 atom stereocenters. The van der Waals surface area contributed by atoms with E-state index in [2.05, 4.69) is 25.4 Å². The Balaban J connectivity index is 1.37. The zero-order chi connectivity index (χ0) is 19.6. The number of rotatable bonds is 5. The van der Waals surface area contributed by atoms with Crippen molar-refractivity contribution >= 4 is 34.0 Å². The highest BCUT2D eigenvalue weighted by Crippen LogP contribution is 2.24. The SMILES string of the molecule is O=C(Nc1ccccc1Cc1nc(-c2cccs2)no1)c1ccc2nc[nH]c2c1. The van der Waals surface area contributed by atoms with Crippen LogP contribution in [0.15, 0.2) is 70.8 Å². The molecule has 0 unspecified atom stereocenters. The number of thiophene rings is 1. The Morgan fingerprint density at radius 3 is 2.97 bits per heavy atom. The lowest BCUT2D eigenvalue weighted by Crippen LogP contribution is -2.13. The number of nitrogens with one attached hydrogen (secondary N) is 2. The van der Waals surface area contributed by atoms with Crippen LogP contribution in [0.2, 0.25) is 0 Å². The smallest absolute Gasteiger partial charge is 0.255 e. The number of amides is 1. The number of fused-ring (bicyclic) bond motifs is 1. The first-order valence-corrected chi connectivity index (χ1v) is 9.83. The molecule has 7 nitrogen and oxygen atoms in total. The third-order valence-corrected chi connectivity index (χ3v) is 5.37. The maximum absolute atomic E-state index is 12.7. The van der Waals surface area contributed by atoms with Crippen LogP contribution in [0, 0.1) is 0 Å². The Morgan fingerprint density at radius 2 is 2.07 bits per heavy atom. The van der Waals surface area contributed by atoms with E-state index in [-0.39, 0.29) is 5.91 Å². The molecule has 142 valence electrons. The Labute approximate surface area is 169 Å².